The van der Waals surface area contributed by atoms with E-state index < -0.39 is 0 Å². The van der Waals surface area contributed by atoms with E-state index in [1.165, 1.54) is 44.9 Å². The molecule has 1 N–H and O–H groups in total. The van der Waals surface area contributed by atoms with E-state index in [2.05, 4.69) is 9.55 Å². The number of imidazole rings is 1. The van der Waals surface area contributed by atoms with Crippen molar-refractivity contribution >= 4 is 0 Å². The molecule has 3 fully saturated rings. The number of hydrogen-bond acceptors (Lipinski definition) is 3. The minimum Gasteiger partial charge on any atom is -0.387 e. The molecule has 2 aliphatic carbocycles. The molecule has 2 heterocycles. The van der Waals surface area contributed by atoms with Crippen molar-refractivity contribution in [1.82, 2.24) is 9.55 Å². The minimum atomic E-state index is -0.379. The SMILES string of the molecule is OC(c1cncn1C1CC1)C1CCOC2(CCCCC2)C1. The first-order valence-electron chi connectivity index (χ1n) is 8.61. The van der Waals surface area contributed by atoms with Crippen LogP contribution in [0.2, 0.25) is 0 Å². The largest absolute Gasteiger partial charge is 0.387 e. The number of aromatic nitrogens is 2. The Hall–Kier alpha value is -0.870. The van der Waals surface area contributed by atoms with Gasteiger partial charge < -0.3 is 14.4 Å². The van der Waals surface area contributed by atoms with E-state index in [1.807, 2.05) is 12.5 Å². The van der Waals surface area contributed by atoms with Gasteiger partial charge >= 0.3 is 0 Å². The molecule has 1 spiro atoms. The molecule has 1 aliphatic heterocycles. The topological polar surface area (TPSA) is 47.3 Å². The van der Waals surface area contributed by atoms with Crippen molar-refractivity contribution in [3.63, 3.8) is 0 Å². The Kier molecular flexibility index (Phi) is 3.54. The maximum Gasteiger partial charge on any atom is 0.0985 e. The zero-order valence-electron chi connectivity index (χ0n) is 12.7. The van der Waals surface area contributed by atoms with Crippen LogP contribution in [0, 0.1) is 5.92 Å². The second-order valence-electron chi connectivity index (χ2n) is 7.25. The van der Waals surface area contributed by atoms with Gasteiger partial charge in [0.25, 0.3) is 0 Å². The van der Waals surface area contributed by atoms with Gasteiger partial charge in [-0.15, -0.1) is 0 Å². The number of rotatable bonds is 3. The molecule has 21 heavy (non-hydrogen) atoms. The molecule has 3 aliphatic rings. The highest BCUT2D eigenvalue weighted by atomic mass is 16.5. The maximum atomic E-state index is 10.9. The molecule has 0 amide bonds. The number of hydrogen-bond donors (Lipinski definition) is 1. The smallest absolute Gasteiger partial charge is 0.0985 e. The highest BCUT2D eigenvalue weighted by Crippen LogP contribution is 2.45. The summed E-state index contributed by atoms with van der Waals surface area (Å²) in [6.07, 6.45) is 14.1. The zero-order valence-corrected chi connectivity index (χ0v) is 12.7. The first kappa shape index (κ1) is 13.8. The summed E-state index contributed by atoms with van der Waals surface area (Å²) >= 11 is 0. The normalized spacial score (nSPS) is 30.4. The molecule has 1 saturated heterocycles. The Morgan fingerprint density at radius 3 is 2.81 bits per heavy atom. The predicted molar refractivity (Wildman–Crippen MR) is 79.9 cm³/mol. The van der Waals surface area contributed by atoms with E-state index in [1.54, 1.807) is 0 Å². The molecule has 0 bridgehead atoms. The van der Waals surface area contributed by atoms with Gasteiger partial charge in [-0.05, 0) is 44.4 Å². The number of aliphatic hydroxyl groups excluding tert-OH is 1. The van der Waals surface area contributed by atoms with Gasteiger partial charge in [0, 0.05) is 12.6 Å². The van der Waals surface area contributed by atoms with Crippen molar-refractivity contribution in [2.75, 3.05) is 6.61 Å². The van der Waals surface area contributed by atoms with E-state index in [0.29, 0.717) is 12.0 Å². The molecule has 4 rings (SSSR count). The molecule has 0 radical (unpaired) electrons. The molecular formula is C17H26N2O2. The second-order valence-corrected chi connectivity index (χ2v) is 7.25. The van der Waals surface area contributed by atoms with Gasteiger partial charge in [-0.25, -0.2) is 4.98 Å². The minimum absolute atomic E-state index is 0.0621. The van der Waals surface area contributed by atoms with Crippen LogP contribution in [0.1, 0.15) is 75.6 Å². The van der Waals surface area contributed by atoms with Gasteiger partial charge in [0.2, 0.25) is 0 Å². The van der Waals surface area contributed by atoms with Crippen molar-refractivity contribution in [2.24, 2.45) is 5.92 Å². The van der Waals surface area contributed by atoms with Gasteiger partial charge in [-0.1, -0.05) is 19.3 Å². The first-order valence-corrected chi connectivity index (χ1v) is 8.61. The highest BCUT2D eigenvalue weighted by Gasteiger charge is 2.41. The third-order valence-corrected chi connectivity index (χ3v) is 5.68. The molecule has 2 unspecified atom stereocenters. The highest BCUT2D eigenvalue weighted by molar-refractivity contribution is 5.09. The summed E-state index contributed by atoms with van der Waals surface area (Å²) in [6, 6.07) is 0.584. The number of ether oxygens (including phenoxy) is 1. The van der Waals surface area contributed by atoms with Gasteiger partial charge in [-0.3, -0.25) is 0 Å². The van der Waals surface area contributed by atoms with E-state index in [9.17, 15) is 5.11 Å². The lowest BCUT2D eigenvalue weighted by atomic mass is 9.74. The van der Waals surface area contributed by atoms with Crippen LogP contribution in [0.15, 0.2) is 12.5 Å². The second kappa shape index (κ2) is 5.40. The zero-order chi connectivity index (χ0) is 14.3. The lowest BCUT2D eigenvalue weighted by molar-refractivity contribution is -0.134. The fourth-order valence-electron chi connectivity index (χ4n) is 4.32. The summed E-state index contributed by atoms with van der Waals surface area (Å²) in [5, 5.41) is 10.9. The van der Waals surface area contributed by atoms with Gasteiger partial charge in [0.05, 0.1) is 29.9 Å². The van der Waals surface area contributed by atoms with Gasteiger partial charge in [0.15, 0.2) is 0 Å². The van der Waals surface area contributed by atoms with Crippen LogP contribution in [0.25, 0.3) is 0 Å². The van der Waals surface area contributed by atoms with Crippen molar-refractivity contribution in [3.8, 4) is 0 Å². The Bertz CT molecular complexity index is 483. The van der Waals surface area contributed by atoms with E-state index in [4.69, 9.17) is 4.74 Å². The van der Waals surface area contributed by atoms with Gasteiger partial charge in [-0.2, -0.15) is 0 Å². The summed E-state index contributed by atoms with van der Waals surface area (Å²) < 4.78 is 8.36. The van der Waals surface area contributed by atoms with Crippen molar-refractivity contribution < 1.29 is 9.84 Å². The molecule has 4 nitrogen and oxygen atoms in total. The van der Waals surface area contributed by atoms with Crippen LogP contribution in [0.3, 0.4) is 0 Å². The van der Waals surface area contributed by atoms with Crippen LogP contribution < -0.4 is 0 Å². The van der Waals surface area contributed by atoms with E-state index in [-0.39, 0.29) is 11.7 Å². The summed E-state index contributed by atoms with van der Waals surface area (Å²) in [4.78, 5) is 4.28. The predicted octanol–water partition coefficient (Wildman–Crippen LogP) is 3.38. The third-order valence-electron chi connectivity index (χ3n) is 5.68. The summed E-state index contributed by atoms with van der Waals surface area (Å²) in [5.74, 6) is 0.325. The van der Waals surface area contributed by atoms with Gasteiger partial charge in [0.1, 0.15) is 0 Å². The third kappa shape index (κ3) is 2.64. The monoisotopic (exact) mass is 290 g/mol. The molecular weight excluding hydrogens is 264 g/mol. The van der Waals surface area contributed by atoms with Crippen LogP contribution in [-0.4, -0.2) is 26.9 Å². The van der Waals surface area contributed by atoms with Crippen molar-refractivity contribution in [3.05, 3.63) is 18.2 Å². The summed E-state index contributed by atoms with van der Waals surface area (Å²) in [7, 11) is 0. The van der Waals surface area contributed by atoms with Crippen molar-refractivity contribution in [2.45, 2.75) is 75.5 Å². The average Bonchev–Trinajstić information content (AvgIpc) is 3.24. The molecule has 0 aromatic carbocycles. The standard InChI is InChI=1S/C17H26N2O2/c20-16(15-11-18-12-19(15)14-4-5-14)13-6-9-21-17(10-13)7-2-1-3-8-17/h11-14,16,20H,1-10H2. The number of aliphatic hydroxyl groups is 1. The lowest BCUT2D eigenvalue weighted by Gasteiger charge is -2.44. The van der Waals surface area contributed by atoms with E-state index in [0.717, 1.165) is 25.1 Å². The Balaban J connectivity index is 1.50. The van der Waals surface area contributed by atoms with E-state index >= 15 is 0 Å². The molecule has 2 saturated carbocycles. The summed E-state index contributed by atoms with van der Waals surface area (Å²) in [6.45, 7) is 0.805. The quantitative estimate of drug-likeness (QED) is 0.928. The first-order chi connectivity index (χ1) is 10.3. The lowest BCUT2D eigenvalue weighted by Crippen LogP contribution is -2.43. The van der Waals surface area contributed by atoms with Crippen LogP contribution in [-0.2, 0) is 4.74 Å². The van der Waals surface area contributed by atoms with Crippen LogP contribution in [0.4, 0.5) is 0 Å². The molecule has 2 atom stereocenters. The Morgan fingerprint density at radius 2 is 2.05 bits per heavy atom. The summed E-state index contributed by atoms with van der Waals surface area (Å²) in [5.41, 5.74) is 1.09. The van der Waals surface area contributed by atoms with Crippen LogP contribution in [0.5, 0.6) is 0 Å². The maximum absolute atomic E-state index is 10.9. The Morgan fingerprint density at radius 1 is 1.24 bits per heavy atom. The van der Waals surface area contributed by atoms with Crippen molar-refractivity contribution in [1.29, 1.82) is 0 Å². The molecule has 1 aromatic heterocycles. The average molecular weight is 290 g/mol. The Labute approximate surface area is 126 Å². The fourth-order valence-corrected chi connectivity index (χ4v) is 4.32. The molecule has 116 valence electrons. The fraction of sp³-hybridized carbons (Fsp3) is 0.824. The molecule has 4 heteroatoms. The number of nitrogens with zero attached hydrogens (tertiary/aromatic N) is 2. The van der Waals surface area contributed by atoms with Crippen LogP contribution >= 0.6 is 0 Å². The molecule has 1 aromatic rings.